The van der Waals surface area contributed by atoms with Gasteiger partial charge in [-0.25, -0.2) is 4.98 Å². The summed E-state index contributed by atoms with van der Waals surface area (Å²) < 4.78 is 6.78. The van der Waals surface area contributed by atoms with E-state index in [-0.39, 0.29) is 6.10 Å². The number of aliphatic hydroxyl groups is 1. The fraction of sp³-hybridized carbons (Fsp3) is 0.500. The summed E-state index contributed by atoms with van der Waals surface area (Å²) >= 11 is 1.66. The van der Waals surface area contributed by atoms with Crippen molar-refractivity contribution < 1.29 is 9.84 Å². The quantitative estimate of drug-likeness (QED) is 0.925. The highest BCUT2D eigenvalue weighted by molar-refractivity contribution is 7.18. The van der Waals surface area contributed by atoms with Crippen LogP contribution < -0.4 is 0 Å². The molecule has 1 saturated heterocycles. The first-order valence-electron chi connectivity index (χ1n) is 6.38. The van der Waals surface area contributed by atoms with Crippen LogP contribution in [0.2, 0.25) is 0 Å². The minimum atomic E-state index is -0.442. The Labute approximate surface area is 110 Å². The molecule has 0 saturated carbocycles. The largest absolute Gasteiger partial charge is 0.390 e. The second-order valence-corrected chi connectivity index (χ2v) is 6.06. The number of ether oxygens (including phenoxy) is 1. The molecule has 3 rings (SSSR count). The van der Waals surface area contributed by atoms with Crippen LogP contribution in [0.4, 0.5) is 0 Å². The molecule has 3 unspecified atom stereocenters. The molecular formula is C14H17NO2S. The van der Waals surface area contributed by atoms with E-state index in [2.05, 4.69) is 18.0 Å². The summed E-state index contributed by atoms with van der Waals surface area (Å²) in [7, 11) is 0. The zero-order chi connectivity index (χ0) is 12.5. The Morgan fingerprint density at radius 1 is 1.50 bits per heavy atom. The molecule has 96 valence electrons. The van der Waals surface area contributed by atoms with Crippen LogP contribution in [0.15, 0.2) is 24.3 Å². The van der Waals surface area contributed by atoms with Crippen molar-refractivity contribution in [1.82, 2.24) is 4.98 Å². The molecular weight excluding hydrogens is 246 g/mol. The predicted molar refractivity (Wildman–Crippen MR) is 72.9 cm³/mol. The van der Waals surface area contributed by atoms with Gasteiger partial charge < -0.3 is 9.84 Å². The van der Waals surface area contributed by atoms with Crippen LogP contribution in [0.25, 0.3) is 10.2 Å². The summed E-state index contributed by atoms with van der Waals surface area (Å²) in [6.45, 7) is 2.90. The third-order valence-electron chi connectivity index (χ3n) is 3.55. The van der Waals surface area contributed by atoms with Crippen LogP contribution in [0.3, 0.4) is 0 Å². The molecule has 1 aromatic heterocycles. The standard InChI is InChI=1S/C14H17NO2S/c1-9-6-7-17-14(9)11(16)8-13-15-10-4-2-3-5-12(10)18-13/h2-5,9,11,14,16H,6-8H2,1H3. The number of rotatable bonds is 3. The number of nitrogens with zero attached hydrogens (tertiary/aromatic N) is 1. The molecule has 1 fully saturated rings. The minimum absolute atomic E-state index is 0.0305. The minimum Gasteiger partial charge on any atom is -0.390 e. The lowest BCUT2D eigenvalue weighted by Crippen LogP contribution is -2.31. The number of hydrogen-bond donors (Lipinski definition) is 1. The zero-order valence-electron chi connectivity index (χ0n) is 10.4. The van der Waals surface area contributed by atoms with E-state index in [1.165, 1.54) is 4.70 Å². The Balaban J connectivity index is 1.75. The molecule has 0 spiro atoms. The third-order valence-corrected chi connectivity index (χ3v) is 4.60. The number of fused-ring (bicyclic) bond motifs is 1. The van der Waals surface area contributed by atoms with Crippen LogP contribution in [-0.4, -0.2) is 28.9 Å². The van der Waals surface area contributed by atoms with Crippen LogP contribution in [0.1, 0.15) is 18.4 Å². The number of para-hydroxylation sites is 1. The first-order valence-corrected chi connectivity index (χ1v) is 7.20. The van der Waals surface area contributed by atoms with Crippen molar-refractivity contribution in [1.29, 1.82) is 0 Å². The highest BCUT2D eigenvalue weighted by atomic mass is 32.1. The van der Waals surface area contributed by atoms with E-state index in [4.69, 9.17) is 4.74 Å². The lowest BCUT2D eigenvalue weighted by Gasteiger charge is -2.20. The van der Waals surface area contributed by atoms with Gasteiger partial charge >= 0.3 is 0 Å². The van der Waals surface area contributed by atoms with E-state index in [0.29, 0.717) is 12.3 Å². The molecule has 3 atom stereocenters. The Morgan fingerprint density at radius 2 is 2.33 bits per heavy atom. The monoisotopic (exact) mass is 263 g/mol. The molecule has 2 heterocycles. The van der Waals surface area contributed by atoms with Gasteiger partial charge in [-0.1, -0.05) is 19.1 Å². The van der Waals surface area contributed by atoms with Gasteiger partial charge in [-0.3, -0.25) is 0 Å². The van der Waals surface area contributed by atoms with Crippen LogP contribution >= 0.6 is 11.3 Å². The summed E-state index contributed by atoms with van der Waals surface area (Å²) in [6, 6.07) is 8.08. The summed E-state index contributed by atoms with van der Waals surface area (Å²) in [5, 5.41) is 11.2. The highest BCUT2D eigenvalue weighted by Crippen LogP contribution is 2.27. The van der Waals surface area contributed by atoms with Crippen LogP contribution in [-0.2, 0) is 11.2 Å². The van der Waals surface area contributed by atoms with Gasteiger partial charge in [0.25, 0.3) is 0 Å². The Kier molecular flexibility index (Phi) is 3.33. The molecule has 2 aromatic rings. The van der Waals surface area contributed by atoms with Crippen molar-refractivity contribution in [2.75, 3.05) is 6.61 Å². The van der Waals surface area contributed by atoms with E-state index < -0.39 is 6.10 Å². The van der Waals surface area contributed by atoms with Crippen LogP contribution in [0.5, 0.6) is 0 Å². The van der Waals surface area contributed by atoms with E-state index >= 15 is 0 Å². The lowest BCUT2D eigenvalue weighted by atomic mass is 9.98. The maximum Gasteiger partial charge on any atom is 0.0965 e. The smallest absolute Gasteiger partial charge is 0.0965 e. The number of benzene rings is 1. The van der Waals surface area contributed by atoms with E-state index in [9.17, 15) is 5.11 Å². The van der Waals surface area contributed by atoms with Gasteiger partial charge in [0, 0.05) is 13.0 Å². The number of aliphatic hydroxyl groups excluding tert-OH is 1. The normalized spacial score (nSPS) is 25.7. The predicted octanol–water partition coefficient (Wildman–Crippen LogP) is 2.62. The molecule has 1 aliphatic heterocycles. The topological polar surface area (TPSA) is 42.4 Å². The molecule has 18 heavy (non-hydrogen) atoms. The molecule has 0 amide bonds. The summed E-state index contributed by atoms with van der Waals surface area (Å²) in [5.74, 6) is 0.439. The van der Waals surface area contributed by atoms with Gasteiger partial charge in [-0.15, -0.1) is 11.3 Å². The van der Waals surface area contributed by atoms with Crippen molar-refractivity contribution in [3.05, 3.63) is 29.3 Å². The molecule has 3 nitrogen and oxygen atoms in total. The average Bonchev–Trinajstić information content (AvgIpc) is 2.94. The van der Waals surface area contributed by atoms with Crippen molar-refractivity contribution in [2.24, 2.45) is 5.92 Å². The fourth-order valence-corrected chi connectivity index (χ4v) is 3.53. The van der Waals surface area contributed by atoms with E-state index in [1.54, 1.807) is 11.3 Å². The van der Waals surface area contributed by atoms with Crippen molar-refractivity contribution in [3.63, 3.8) is 0 Å². The highest BCUT2D eigenvalue weighted by Gasteiger charge is 2.31. The second-order valence-electron chi connectivity index (χ2n) is 4.95. The Hall–Kier alpha value is -0.970. The maximum atomic E-state index is 10.2. The third kappa shape index (κ3) is 2.28. The van der Waals surface area contributed by atoms with Crippen molar-refractivity contribution >= 4 is 21.6 Å². The molecule has 4 heteroatoms. The second kappa shape index (κ2) is 4.96. The van der Waals surface area contributed by atoms with Crippen LogP contribution in [0, 0.1) is 5.92 Å². The molecule has 0 aliphatic carbocycles. The molecule has 0 bridgehead atoms. The lowest BCUT2D eigenvalue weighted by molar-refractivity contribution is -0.0157. The summed E-state index contributed by atoms with van der Waals surface area (Å²) in [4.78, 5) is 4.55. The Morgan fingerprint density at radius 3 is 3.06 bits per heavy atom. The first-order chi connectivity index (χ1) is 8.74. The number of thiazole rings is 1. The van der Waals surface area contributed by atoms with Crippen molar-refractivity contribution in [2.45, 2.75) is 32.0 Å². The molecule has 1 N–H and O–H groups in total. The van der Waals surface area contributed by atoms with Crippen molar-refractivity contribution in [3.8, 4) is 0 Å². The summed E-state index contributed by atoms with van der Waals surface area (Å²) in [6.07, 6.45) is 1.16. The molecule has 1 aromatic carbocycles. The van der Waals surface area contributed by atoms with E-state index in [1.807, 2.05) is 18.2 Å². The average molecular weight is 263 g/mol. The Bertz CT molecular complexity index is 506. The van der Waals surface area contributed by atoms with E-state index in [0.717, 1.165) is 23.6 Å². The van der Waals surface area contributed by atoms with Gasteiger partial charge in [0.2, 0.25) is 0 Å². The van der Waals surface area contributed by atoms with Gasteiger partial charge in [0.15, 0.2) is 0 Å². The molecule has 0 radical (unpaired) electrons. The van der Waals surface area contributed by atoms with Gasteiger partial charge in [0.1, 0.15) is 0 Å². The zero-order valence-corrected chi connectivity index (χ0v) is 11.2. The van der Waals surface area contributed by atoms with Gasteiger partial charge in [-0.05, 0) is 24.5 Å². The molecule has 1 aliphatic rings. The van der Waals surface area contributed by atoms with Gasteiger partial charge in [0.05, 0.1) is 27.4 Å². The number of aromatic nitrogens is 1. The maximum absolute atomic E-state index is 10.2. The SMILES string of the molecule is CC1CCOC1C(O)Cc1nc2ccccc2s1. The number of hydrogen-bond acceptors (Lipinski definition) is 4. The van der Waals surface area contributed by atoms with Gasteiger partial charge in [-0.2, -0.15) is 0 Å². The first kappa shape index (κ1) is 12.1. The fourth-order valence-electron chi connectivity index (χ4n) is 2.51. The summed E-state index contributed by atoms with van der Waals surface area (Å²) in [5.41, 5.74) is 1.02.